The molecule has 0 N–H and O–H groups in total. The molecule has 3 heteroatoms. The quantitative estimate of drug-likeness (QED) is 0.161. The third kappa shape index (κ3) is 5.82. The number of nitrogens with zero attached hydrogens (tertiary/aromatic N) is 2. The lowest BCUT2D eigenvalue weighted by Gasteiger charge is -2.29. The molecule has 0 saturated carbocycles. The number of para-hydroxylation sites is 4. The SMILES string of the molecule is Cc1ccccc1N(c1cc(C)c(-c2ccccc2)c(-c2ccccc2)c1)c1cc(-c2ccc(-n3c4ccccc4c4ccccc43)cc2)c2oc3ccccc3c2c1. The number of benzene rings is 9. The molecular weight excluding hydrogens is 717 g/mol. The van der Waals surface area contributed by atoms with Crippen LogP contribution < -0.4 is 4.90 Å². The molecule has 11 aromatic rings. The Balaban J connectivity index is 1.14. The van der Waals surface area contributed by atoms with E-state index in [2.05, 4.69) is 224 Å². The molecule has 0 amide bonds. The molecule has 3 nitrogen and oxygen atoms in total. The summed E-state index contributed by atoms with van der Waals surface area (Å²) in [6.07, 6.45) is 0. The summed E-state index contributed by atoms with van der Waals surface area (Å²) in [6.45, 7) is 4.44. The van der Waals surface area contributed by atoms with Crippen LogP contribution in [0.15, 0.2) is 211 Å². The Labute approximate surface area is 343 Å². The largest absolute Gasteiger partial charge is 0.455 e. The average Bonchev–Trinajstić information content (AvgIpc) is 3.83. The summed E-state index contributed by atoms with van der Waals surface area (Å²) >= 11 is 0. The molecule has 59 heavy (non-hydrogen) atoms. The van der Waals surface area contributed by atoms with Crippen molar-refractivity contribution in [3.8, 4) is 39.1 Å². The van der Waals surface area contributed by atoms with Crippen LogP contribution >= 0.6 is 0 Å². The van der Waals surface area contributed by atoms with Gasteiger partial charge in [-0.2, -0.15) is 0 Å². The van der Waals surface area contributed by atoms with Crippen molar-refractivity contribution in [2.75, 3.05) is 4.90 Å². The maximum atomic E-state index is 6.76. The molecule has 0 radical (unpaired) electrons. The van der Waals surface area contributed by atoms with Crippen molar-refractivity contribution >= 4 is 60.8 Å². The molecule has 0 aliphatic carbocycles. The monoisotopic (exact) mass is 756 g/mol. The summed E-state index contributed by atoms with van der Waals surface area (Å²) in [5.74, 6) is 0. The Morgan fingerprint density at radius 3 is 1.64 bits per heavy atom. The highest BCUT2D eigenvalue weighted by Gasteiger charge is 2.23. The minimum absolute atomic E-state index is 0.875. The van der Waals surface area contributed by atoms with Gasteiger partial charge in [-0.25, -0.2) is 0 Å². The predicted octanol–water partition coefficient (Wildman–Crippen LogP) is 15.8. The topological polar surface area (TPSA) is 21.3 Å². The zero-order chi connectivity index (χ0) is 39.5. The number of hydrogen-bond acceptors (Lipinski definition) is 2. The van der Waals surface area contributed by atoms with Gasteiger partial charge in [-0.05, 0) is 113 Å². The second kappa shape index (κ2) is 14.1. The summed E-state index contributed by atoms with van der Waals surface area (Å²) in [6, 6.07) is 74.3. The zero-order valence-corrected chi connectivity index (χ0v) is 32.9. The predicted molar refractivity (Wildman–Crippen MR) is 249 cm³/mol. The highest BCUT2D eigenvalue weighted by molar-refractivity contribution is 6.12. The van der Waals surface area contributed by atoms with E-state index in [0.717, 1.165) is 55.8 Å². The fourth-order valence-electron chi connectivity index (χ4n) is 9.12. The van der Waals surface area contributed by atoms with E-state index < -0.39 is 0 Å². The fourth-order valence-corrected chi connectivity index (χ4v) is 9.12. The van der Waals surface area contributed by atoms with Crippen LogP contribution in [0.1, 0.15) is 11.1 Å². The number of furan rings is 1. The number of aromatic nitrogens is 1. The van der Waals surface area contributed by atoms with E-state index in [1.165, 1.54) is 55.2 Å². The van der Waals surface area contributed by atoms with Gasteiger partial charge < -0.3 is 13.9 Å². The second-order valence-electron chi connectivity index (χ2n) is 15.4. The van der Waals surface area contributed by atoms with Gasteiger partial charge in [0.25, 0.3) is 0 Å². The molecule has 0 aliphatic heterocycles. The van der Waals surface area contributed by atoms with Crippen LogP contribution in [-0.2, 0) is 0 Å². The average molecular weight is 757 g/mol. The van der Waals surface area contributed by atoms with Crippen LogP contribution in [0.3, 0.4) is 0 Å². The van der Waals surface area contributed by atoms with Gasteiger partial charge in [0, 0.05) is 49.9 Å². The maximum absolute atomic E-state index is 6.76. The summed E-state index contributed by atoms with van der Waals surface area (Å²) in [7, 11) is 0. The van der Waals surface area contributed by atoms with E-state index in [1.54, 1.807) is 0 Å². The third-order valence-corrected chi connectivity index (χ3v) is 11.8. The zero-order valence-electron chi connectivity index (χ0n) is 32.9. The summed E-state index contributed by atoms with van der Waals surface area (Å²) in [5.41, 5.74) is 17.9. The lowest BCUT2D eigenvalue weighted by Crippen LogP contribution is -2.12. The Kier molecular flexibility index (Phi) is 8.27. The van der Waals surface area contributed by atoms with Crippen LogP contribution in [0, 0.1) is 13.8 Å². The normalized spacial score (nSPS) is 11.6. The Morgan fingerprint density at radius 2 is 0.949 bits per heavy atom. The highest BCUT2D eigenvalue weighted by atomic mass is 16.3. The molecule has 11 rings (SSSR count). The van der Waals surface area contributed by atoms with Crippen LogP contribution in [0.25, 0.3) is 82.8 Å². The first-order chi connectivity index (χ1) is 29.1. The molecular formula is C56H40N2O. The summed E-state index contributed by atoms with van der Waals surface area (Å²) in [5, 5.41) is 4.68. The van der Waals surface area contributed by atoms with Crippen molar-refractivity contribution in [2.24, 2.45) is 0 Å². The van der Waals surface area contributed by atoms with E-state index in [1.807, 2.05) is 6.07 Å². The fraction of sp³-hybridized carbons (Fsp3) is 0.0357. The second-order valence-corrected chi connectivity index (χ2v) is 15.4. The van der Waals surface area contributed by atoms with Crippen LogP contribution in [0.2, 0.25) is 0 Å². The standard InChI is InChI=1S/C56H40N2O/c1-37-17-9-13-25-51(37)57(43-33-38(2)55(41-20-7-4-8-21-41)48(34-43)39-18-5-3-6-19-39)44-35-49(56-50(36-44)47-24-12-16-28-54(47)59-56)40-29-31-42(32-30-40)58-52-26-14-10-22-45(52)46-23-11-15-27-53(46)58/h3-36H,1-2H3. The van der Waals surface area contributed by atoms with Gasteiger partial charge in [0.1, 0.15) is 11.2 Å². The molecule has 280 valence electrons. The van der Waals surface area contributed by atoms with Crippen molar-refractivity contribution in [3.63, 3.8) is 0 Å². The van der Waals surface area contributed by atoms with Gasteiger partial charge in [-0.1, -0.05) is 146 Å². The van der Waals surface area contributed by atoms with Gasteiger partial charge in [-0.15, -0.1) is 0 Å². The van der Waals surface area contributed by atoms with Crippen LogP contribution in [0.4, 0.5) is 17.1 Å². The smallest absolute Gasteiger partial charge is 0.143 e. The number of rotatable bonds is 7. The Hall–Kier alpha value is -7.62. The minimum Gasteiger partial charge on any atom is -0.455 e. The summed E-state index contributed by atoms with van der Waals surface area (Å²) < 4.78 is 9.13. The number of aryl methyl sites for hydroxylation is 2. The van der Waals surface area contributed by atoms with Gasteiger partial charge in [0.15, 0.2) is 0 Å². The first-order valence-corrected chi connectivity index (χ1v) is 20.3. The van der Waals surface area contributed by atoms with Crippen LogP contribution in [-0.4, -0.2) is 4.57 Å². The van der Waals surface area contributed by atoms with Crippen LogP contribution in [0.5, 0.6) is 0 Å². The molecule has 0 aliphatic rings. The molecule has 9 aromatic carbocycles. The van der Waals surface area contributed by atoms with Gasteiger partial charge in [0.05, 0.1) is 11.0 Å². The Morgan fingerprint density at radius 1 is 0.407 bits per heavy atom. The van der Waals surface area contributed by atoms with Gasteiger partial charge in [-0.3, -0.25) is 0 Å². The first-order valence-electron chi connectivity index (χ1n) is 20.3. The van der Waals surface area contributed by atoms with Crippen molar-refractivity contribution in [3.05, 3.63) is 217 Å². The molecule has 0 saturated heterocycles. The molecule has 2 aromatic heterocycles. The lowest BCUT2D eigenvalue weighted by atomic mass is 9.90. The van der Waals surface area contributed by atoms with Crippen molar-refractivity contribution in [2.45, 2.75) is 13.8 Å². The van der Waals surface area contributed by atoms with E-state index in [4.69, 9.17) is 4.42 Å². The third-order valence-electron chi connectivity index (χ3n) is 11.8. The Bertz CT molecular complexity index is 3280. The molecule has 0 unspecified atom stereocenters. The summed E-state index contributed by atoms with van der Waals surface area (Å²) in [4.78, 5) is 2.43. The highest BCUT2D eigenvalue weighted by Crippen LogP contribution is 2.47. The molecule has 0 bridgehead atoms. The number of anilines is 3. The first kappa shape index (κ1) is 34.6. The molecule has 2 heterocycles. The molecule has 0 spiro atoms. The van der Waals surface area contributed by atoms with Crippen molar-refractivity contribution in [1.29, 1.82) is 0 Å². The number of fused-ring (bicyclic) bond motifs is 6. The van der Waals surface area contributed by atoms with Crippen molar-refractivity contribution < 1.29 is 4.42 Å². The maximum Gasteiger partial charge on any atom is 0.143 e. The van der Waals surface area contributed by atoms with Gasteiger partial charge >= 0.3 is 0 Å². The number of hydrogen-bond donors (Lipinski definition) is 0. The van der Waals surface area contributed by atoms with Gasteiger partial charge in [0.2, 0.25) is 0 Å². The molecule has 0 atom stereocenters. The van der Waals surface area contributed by atoms with E-state index in [-0.39, 0.29) is 0 Å². The molecule has 0 fully saturated rings. The van der Waals surface area contributed by atoms with E-state index in [9.17, 15) is 0 Å². The van der Waals surface area contributed by atoms with E-state index in [0.29, 0.717) is 0 Å². The van der Waals surface area contributed by atoms with E-state index >= 15 is 0 Å². The lowest BCUT2D eigenvalue weighted by molar-refractivity contribution is 0.670. The van der Waals surface area contributed by atoms with Crippen molar-refractivity contribution in [1.82, 2.24) is 4.57 Å². The minimum atomic E-state index is 0.875.